The Bertz CT molecular complexity index is 4080. The van der Waals surface area contributed by atoms with Crippen LogP contribution in [0.1, 0.15) is 200 Å². The lowest BCUT2D eigenvalue weighted by Crippen LogP contribution is -2.37. The molecule has 8 nitrogen and oxygen atoms in total. The molecule has 0 aromatic heterocycles. The summed E-state index contributed by atoms with van der Waals surface area (Å²) in [5, 5.41) is 0. The number of aryl methyl sites for hydroxylation is 6. The van der Waals surface area contributed by atoms with Gasteiger partial charge in [0, 0.05) is 96.9 Å². The van der Waals surface area contributed by atoms with Crippen molar-refractivity contribution in [2.45, 2.75) is 160 Å². The number of Topliss-reactive ketones (excluding diaryl/α,β-unsaturated/α-hetero) is 4. The number of ketones is 4. The topological polar surface area (TPSA) is 81.2 Å². The van der Waals surface area contributed by atoms with E-state index in [2.05, 4.69) is 373 Å². The molecule has 0 N–H and O–H groups in total. The summed E-state index contributed by atoms with van der Waals surface area (Å²) in [5.74, 6) is 0.709. The van der Waals surface area contributed by atoms with Gasteiger partial charge in [-0.3, -0.25) is 38.8 Å². The molecule has 0 amide bonds. The van der Waals surface area contributed by atoms with Crippen LogP contribution < -0.4 is 0 Å². The third kappa shape index (κ3) is 25.1. The van der Waals surface area contributed by atoms with Gasteiger partial charge in [-0.15, -0.1) is 0 Å². The van der Waals surface area contributed by atoms with Crippen LogP contribution in [0, 0.1) is 0 Å². The fourth-order valence-electron chi connectivity index (χ4n) is 14.2. The highest BCUT2D eigenvalue weighted by molar-refractivity contribution is 6.17. The predicted octanol–water partition coefficient (Wildman–Crippen LogP) is 22.2. The Hall–Kier alpha value is -9.80. The Morgan fingerprint density at radius 1 is 0.214 bits per heavy atom. The number of rotatable bonds is 18. The summed E-state index contributed by atoms with van der Waals surface area (Å²) in [6.45, 7) is 44.3. The van der Waals surface area contributed by atoms with E-state index in [0.29, 0.717) is 13.1 Å². The van der Waals surface area contributed by atoms with E-state index in [0.717, 1.165) is 193 Å². The van der Waals surface area contributed by atoms with Crippen molar-refractivity contribution in [1.82, 2.24) is 19.6 Å². The third-order valence-corrected chi connectivity index (χ3v) is 21.9. The Labute approximate surface area is 672 Å². The molecule has 8 aromatic carbocycles. The van der Waals surface area contributed by atoms with Crippen LogP contribution in [-0.4, -0.2) is 121 Å². The average molecular weight is 1490 g/mol. The van der Waals surface area contributed by atoms with Gasteiger partial charge in [-0.2, -0.15) is 0 Å². The van der Waals surface area contributed by atoms with E-state index in [-0.39, 0.29) is 34.0 Å². The van der Waals surface area contributed by atoms with E-state index in [1.807, 2.05) is 0 Å². The maximum Gasteiger partial charge on any atom is 0.187 e. The van der Waals surface area contributed by atoms with Gasteiger partial charge in [0.1, 0.15) is 0 Å². The number of piperidine rings is 4. The summed E-state index contributed by atoms with van der Waals surface area (Å²) in [5.41, 5.74) is 26.5. The van der Waals surface area contributed by atoms with Crippen molar-refractivity contribution in [1.29, 1.82) is 0 Å². The zero-order valence-corrected chi connectivity index (χ0v) is 70.2. The summed E-state index contributed by atoms with van der Waals surface area (Å²) in [6.07, 6.45) is 22.6. The van der Waals surface area contributed by atoms with E-state index in [4.69, 9.17) is 0 Å². The molecular weight excluding hydrogens is 1370 g/mol. The molecule has 4 aliphatic rings. The Morgan fingerprint density at radius 2 is 0.339 bits per heavy atom. The monoisotopic (exact) mass is 1490 g/mol. The van der Waals surface area contributed by atoms with E-state index in [1.165, 1.54) is 44.5 Å². The van der Waals surface area contributed by atoms with E-state index in [9.17, 15) is 19.2 Å². The molecule has 0 radical (unpaired) electrons. The first-order valence-electron chi connectivity index (χ1n) is 41.3. The molecule has 0 aliphatic carbocycles. The molecule has 4 aliphatic heterocycles. The zero-order valence-electron chi connectivity index (χ0n) is 70.2. The largest absolute Gasteiger partial charge is 0.295 e. The molecule has 0 saturated carbocycles. The molecule has 112 heavy (non-hydrogen) atoms. The minimum atomic E-state index is 0.129. The Balaban J connectivity index is 0.000000172. The highest BCUT2D eigenvalue weighted by atomic mass is 16.1. The molecule has 4 saturated heterocycles. The molecule has 0 unspecified atom stereocenters. The minimum Gasteiger partial charge on any atom is -0.295 e. The molecule has 8 heteroatoms. The van der Waals surface area contributed by atoms with Crippen LogP contribution in [0.3, 0.4) is 0 Å². The SMILES string of the molecule is CCN1C/C(=C\c2ccc(C(C)(C)C)cc2)C(=O)/C(=C/c2ccc(C(C)(C)C)cc2)C1.CCc1ccc(/C=C2\CN(CC)C/C(=C\c3ccc(CC)cc3)C2=O)cc1.CCc1ccc(/C=C2\CN(CC)C/C(=C\c3ccc(CC)cc3)C2=O)cc1.CCc1ccc(/C=C2\CN(CC)C/C(=C\c3ccc(CC)cc3)C2=O)cc1. The second-order valence-electron chi connectivity index (χ2n) is 32.2. The average Bonchev–Trinajstić information content (AvgIpc) is 0.827. The van der Waals surface area contributed by atoms with Gasteiger partial charge < -0.3 is 0 Å². The first-order valence-corrected chi connectivity index (χ1v) is 41.3. The molecular formula is C104H124N4O4. The van der Waals surface area contributed by atoms with Gasteiger partial charge in [-0.25, -0.2) is 0 Å². The molecule has 4 fully saturated rings. The van der Waals surface area contributed by atoms with Crippen molar-refractivity contribution in [2.24, 2.45) is 0 Å². The van der Waals surface area contributed by atoms with Crippen LogP contribution in [0.25, 0.3) is 48.6 Å². The van der Waals surface area contributed by atoms with Crippen LogP contribution in [0.2, 0.25) is 0 Å². The first kappa shape index (κ1) is 86.2. The fourth-order valence-corrected chi connectivity index (χ4v) is 14.2. The summed E-state index contributed by atoms with van der Waals surface area (Å²) in [4.78, 5) is 61.8. The fraction of sp³-hybridized carbons (Fsp3) is 0.346. The van der Waals surface area contributed by atoms with Gasteiger partial charge in [0.05, 0.1) is 0 Å². The van der Waals surface area contributed by atoms with Gasteiger partial charge in [-0.1, -0.05) is 305 Å². The number of benzene rings is 8. The number of likely N-dealkylation sites (N-methyl/N-ethyl adjacent to an activating group) is 4. The van der Waals surface area contributed by atoms with Crippen LogP contribution in [-0.2, 0) is 68.5 Å². The first-order chi connectivity index (χ1) is 53.8. The van der Waals surface area contributed by atoms with Crippen molar-refractivity contribution < 1.29 is 19.2 Å². The Kier molecular flexibility index (Phi) is 32.0. The summed E-state index contributed by atoms with van der Waals surface area (Å²) >= 11 is 0. The van der Waals surface area contributed by atoms with E-state index in [1.54, 1.807) is 0 Å². The lowest BCUT2D eigenvalue weighted by Gasteiger charge is -2.28. The van der Waals surface area contributed by atoms with E-state index >= 15 is 0 Å². The van der Waals surface area contributed by atoms with Gasteiger partial charge in [-0.05, 0) is 213 Å². The van der Waals surface area contributed by atoms with Crippen LogP contribution in [0.15, 0.2) is 239 Å². The molecule has 584 valence electrons. The maximum atomic E-state index is 13.3. The third-order valence-electron chi connectivity index (χ3n) is 21.9. The highest BCUT2D eigenvalue weighted by Crippen LogP contribution is 2.30. The quantitative estimate of drug-likeness (QED) is 0.0786. The van der Waals surface area contributed by atoms with Gasteiger partial charge in [0.2, 0.25) is 0 Å². The smallest absolute Gasteiger partial charge is 0.187 e. The summed E-state index contributed by atoms with van der Waals surface area (Å²) in [7, 11) is 0. The van der Waals surface area contributed by atoms with E-state index < -0.39 is 0 Å². The molecule has 4 heterocycles. The lowest BCUT2D eigenvalue weighted by molar-refractivity contribution is -0.114. The van der Waals surface area contributed by atoms with Gasteiger partial charge in [0.15, 0.2) is 23.1 Å². The van der Waals surface area contributed by atoms with Crippen molar-refractivity contribution in [3.05, 3.63) is 328 Å². The number of hydrogen-bond donors (Lipinski definition) is 0. The normalized spacial score (nSPS) is 18.5. The highest BCUT2D eigenvalue weighted by Gasteiger charge is 2.30. The predicted molar refractivity (Wildman–Crippen MR) is 478 cm³/mol. The summed E-state index contributed by atoms with van der Waals surface area (Å²) in [6, 6.07) is 68.2. The number of carbonyl (C=O) groups excluding carboxylic acids is 4. The molecule has 12 rings (SSSR count). The van der Waals surface area contributed by atoms with Crippen LogP contribution in [0.4, 0.5) is 0 Å². The standard InChI is InChI=1S/C29H37NO.3C25H29NO/c1-8-30-19-23(17-21-9-13-25(14-10-21)28(2,3)4)27(31)24(20-30)18-22-11-15-26(16-12-22)29(5,6)7;3*1-4-19-7-11-21(12-8-19)15-23-17-26(6-3)18-24(25(23)27)16-22-13-9-20(5-2)10-14-22/h9-18H,8,19-20H2,1-7H3;3*7-16H,4-6,17-18H2,1-3H3/b23-17+,24-18+;3*23-15+,24-16+. The zero-order chi connectivity index (χ0) is 80.5. The molecule has 0 spiro atoms. The van der Waals surface area contributed by atoms with Crippen molar-refractivity contribution in [2.75, 3.05) is 78.5 Å². The lowest BCUT2D eigenvalue weighted by atomic mass is 9.86. The van der Waals surface area contributed by atoms with Gasteiger partial charge in [0.25, 0.3) is 0 Å². The molecule has 8 aromatic rings. The number of nitrogens with zero attached hydrogens (tertiary/aromatic N) is 4. The van der Waals surface area contributed by atoms with Gasteiger partial charge >= 0.3 is 0 Å². The minimum absolute atomic E-state index is 0.129. The second-order valence-corrected chi connectivity index (χ2v) is 32.2. The maximum absolute atomic E-state index is 13.3. The summed E-state index contributed by atoms with van der Waals surface area (Å²) < 4.78 is 0. The molecule has 0 atom stereocenters. The number of hydrogen-bond acceptors (Lipinski definition) is 8. The second kappa shape index (κ2) is 41.6. The molecule has 0 bridgehead atoms. The van der Waals surface area contributed by atoms with Crippen molar-refractivity contribution >= 4 is 71.7 Å². The van der Waals surface area contributed by atoms with Crippen molar-refractivity contribution in [3.63, 3.8) is 0 Å². The number of likely N-dealkylation sites (tertiary alicyclic amines) is 4. The van der Waals surface area contributed by atoms with Crippen molar-refractivity contribution in [3.8, 4) is 0 Å². The van der Waals surface area contributed by atoms with Crippen LogP contribution in [0.5, 0.6) is 0 Å². The Morgan fingerprint density at radius 3 is 0.446 bits per heavy atom. The number of carbonyl (C=O) groups is 4. The van der Waals surface area contributed by atoms with Crippen LogP contribution >= 0.6 is 0 Å².